The van der Waals surface area contributed by atoms with Crippen LogP contribution in [0.4, 0.5) is 5.69 Å². The molecule has 4 heteroatoms. The first-order chi connectivity index (χ1) is 12.5. The number of aldehydes is 1. The molecule has 26 heavy (non-hydrogen) atoms. The fourth-order valence-corrected chi connectivity index (χ4v) is 3.53. The molecule has 0 aliphatic carbocycles. The molecular formula is C22H29ClN2O. The van der Waals surface area contributed by atoms with Crippen molar-refractivity contribution in [3.8, 4) is 0 Å². The van der Waals surface area contributed by atoms with Crippen molar-refractivity contribution in [3.63, 3.8) is 0 Å². The highest BCUT2D eigenvalue weighted by Gasteiger charge is 2.25. The Bertz CT molecular complexity index is 683. The Morgan fingerprint density at radius 3 is 2.88 bits per heavy atom. The number of benzene rings is 1. The molecular weight excluding hydrogens is 344 g/mol. The van der Waals surface area contributed by atoms with Gasteiger partial charge in [0.25, 0.3) is 0 Å². The molecule has 1 fully saturated rings. The molecule has 0 radical (unpaired) electrons. The number of nitrogens with zero attached hydrogens (tertiary/aromatic N) is 1. The van der Waals surface area contributed by atoms with Gasteiger partial charge in [0.2, 0.25) is 0 Å². The fourth-order valence-electron chi connectivity index (χ4n) is 3.37. The first-order valence-electron chi connectivity index (χ1n) is 9.21. The van der Waals surface area contributed by atoms with Gasteiger partial charge in [0, 0.05) is 53.9 Å². The molecule has 0 bridgehead atoms. The van der Waals surface area contributed by atoms with E-state index < -0.39 is 0 Å². The summed E-state index contributed by atoms with van der Waals surface area (Å²) in [6.07, 6.45) is 5.88. The van der Waals surface area contributed by atoms with Gasteiger partial charge in [0.05, 0.1) is 0 Å². The summed E-state index contributed by atoms with van der Waals surface area (Å²) in [6.45, 7) is 15.2. The summed E-state index contributed by atoms with van der Waals surface area (Å²) < 4.78 is 0. The summed E-state index contributed by atoms with van der Waals surface area (Å²) in [4.78, 5) is 13.7. The van der Waals surface area contributed by atoms with E-state index in [0.29, 0.717) is 11.5 Å². The van der Waals surface area contributed by atoms with Crippen LogP contribution in [0.2, 0.25) is 0 Å². The molecule has 1 N–H and O–H groups in total. The molecule has 0 spiro atoms. The Morgan fingerprint density at radius 1 is 1.50 bits per heavy atom. The minimum Gasteiger partial charge on any atom is -0.369 e. The summed E-state index contributed by atoms with van der Waals surface area (Å²) in [6, 6.07) is 6.04. The van der Waals surface area contributed by atoms with Crippen molar-refractivity contribution < 1.29 is 4.79 Å². The number of carbonyl (C=O) groups is 1. The van der Waals surface area contributed by atoms with Crippen LogP contribution in [0.25, 0.3) is 5.57 Å². The Balaban J connectivity index is 2.43. The van der Waals surface area contributed by atoms with Crippen LogP contribution in [0.1, 0.15) is 36.2 Å². The van der Waals surface area contributed by atoms with E-state index in [1.165, 1.54) is 0 Å². The molecule has 1 aliphatic heterocycles. The van der Waals surface area contributed by atoms with Crippen LogP contribution in [0.5, 0.6) is 0 Å². The Hall–Kier alpha value is -1.84. The molecule has 1 saturated heterocycles. The second-order valence-corrected chi connectivity index (χ2v) is 7.12. The molecule has 0 aromatic heterocycles. The quantitative estimate of drug-likeness (QED) is 0.546. The van der Waals surface area contributed by atoms with Crippen molar-refractivity contribution in [1.82, 2.24) is 5.32 Å². The number of allylic oxidation sites excluding steroid dienone is 1. The van der Waals surface area contributed by atoms with E-state index >= 15 is 0 Å². The maximum Gasteiger partial charge on any atom is 0.150 e. The van der Waals surface area contributed by atoms with Crippen molar-refractivity contribution in [2.45, 2.75) is 26.3 Å². The minimum atomic E-state index is 0.158. The van der Waals surface area contributed by atoms with Crippen molar-refractivity contribution in [1.29, 1.82) is 0 Å². The monoisotopic (exact) mass is 372 g/mol. The van der Waals surface area contributed by atoms with Crippen LogP contribution in [0.15, 0.2) is 49.0 Å². The number of nitrogens with one attached hydrogen (secondary N) is 1. The first kappa shape index (κ1) is 20.5. The topological polar surface area (TPSA) is 32.3 Å². The van der Waals surface area contributed by atoms with Crippen molar-refractivity contribution in [2.75, 3.05) is 24.5 Å². The van der Waals surface area contributed by atoms with Crippen LogP contribution in [0, 0.1) is 11.8 Å². The number of hydrogen-bond donors (Lipinski definition) is 1. The molecule has 3 unspecified atom stereocenters. The van der Waals surface area contributed by atoms with Gasteiger partial charge in [-0.1, -0.05) is 56.3 Å². The SMILES string of the molecule is C=CC1CN(c2cc(C=O)ccc2C(=C)C(C)CC)CCNC1/C=C/Cl. The van der Waals surface area contributed by atoms with Gasteiger partial charge in [0.15, 0.2) is 0 Å². The third-order valence-electron chi connectivity index (χ3n) is 5.29. The number of halogens is 1. The van der Waals surface area contributed by atoms with E-state index in [4.69, 9.17) is 11.6 Å². The molecule has 0 saturated carbocycles. The predicted octanol–water partition coefficient (Wildman–Crippen LogP) is 4.89. The van der Waals surface area contributed by atoms with Gasteiger partial charge in [-0.15, -0.1) is 6.58 Å². The fraction of sp³-hybridized carbons (Fsp3) is 0.409. The summed E-state index contributed by atoms with van der Waals surface area (Å²) in [5.74, 6) is 0.611. The highest BCUT2D eigenvalue weighted by Crippen LogP contribution is 2.34. The van der Waals surface area contributed by atoms with Crippen LogP contribution >= 0.6 is 11.6 Å². The van der Waals surface area contributed by atoms with E-state index in [0.717, 1.165) is 49.2 Å². The maximum absolute atomic E-state index is 11.3. The molecule has 1 aliphatic rings. The van der Waals surface area contributed by atoms with Gasteiger partial charge in [-0.25, -0.2) is 0 Å². The zero-order valence-electron chi connectivity index (χ0n) is 15.7. The van der Waals surface area contributed by atoms with E-state index in [9.17, 15) is 4.79 Å². The Kier molecular flexibility index (Phi) is 7.67. The molecule has 1 aromatic carbocycles. The van der Waals surface area contributed by atoms with Gasteiger partial charge in [0.1, 0.15) is 6.29 Å². The lowest BCUT2D eigenvalue weighted by atomic mass is 9.91. The number of rotatable bonds is 7. The highest BCUT2D eigenvalue weighted by molar-refractivity contribution is 6.25. The third-order valence-corrected chi connectivity index (χ3v) is 5.43. The molecule has 1 aromatic rings. The molecule has 3 nitrogen and oxygen atoms in total. The largest absolute Gasteiger partial charge is 0.369 e. The van der Waals surface area contributed by atoms with Gasteiger partial charge in [-0.2, -0.15) is 0 Å². The highest BCUT2D eigenvalue weighted by atomic mass is 35.5. The lowest BCUT2D eigenvalue weighted by Gasteiger charge is -2.30. The summed E-state index contributed by atoms with van der Waals surface area (Å²) in [7, 11) is 0. The zero-order valence-corrected chi connectivity index (χ0v) is 16.5. The first-order valence-corrected chi connectivity index (χ1v) is 9.65. The molecule has 3 atom stereocenters. The van der Waals surface area contributed by atoms with Crippen molar-refractivity contribution in [3.05, 3.63) is 60.2 Å². The van der Waals surface area contributed by atoms with E-state index in [1.807, 2.05) is 30.4 Å². The second kappa shape index (κ2) is 9.75. The normalized spacial score (nSPS) is 22.0. The van der Waals surface area contributed by atoms with Gasteiger partial charge < -0.3 is 10.2 Å². The molecule has 0 amide bonds. The van der Waals surface area contributed by atoms with Crippen LogP contribution < -0.4 is 10.2 Å². The maximum atomic E-state index is 11.3. The number of carbonyl (C=O) groups excluding carboxylic acids is 1. The molecule has 140 valence electrons. The average molecular weight is 373 g/mol. The summed E-state index contributed by atoms with van der Waals surface area (Å²) in [5, 5.41) is 3.52. The third kappa shape index (κ3) is 4.66. The zero-order chi connectivity index (χ0) is 19.1. The standard InChI is InChI=1S/C22H29ClN2O/c1-5-16(3)17(4)20-8-7-18(15-26)13-22(20)25-12-11-24-21(9-10-23)19(6-2)14-25/h6-10,13,15-16,19,21,24H,2,4-5,11-12,14H2,1,3H3/b10-9+. The van der Waals surface area contributed by atoms with Gasteiger partial charge in [-0.3, -0.25) is 4.79 Å². The molecule has 1 heterocycles. The summed E-state index contributed by atoms with van der Waals surface area (Å²) in [5.41, 5.74) is 5.56. The van der Waals surface area contributed by atoms with Crippen molar-refractivity contribution >= 4 is 29.1 Å². The Labute approximate surface area is 162 Å². The second-order valence-electron chi connectivity index (χ2n) is 6.87. The lowest BCUT2D eigenvalue weighted by Crippen LogP contribution is -2.34. The average Bonchev–Trinajstić information content (AvgIpc) is 2.88. The number of hydrogen-bond acceptors (Lipinski definition) is 3. The molecule has 2 rings (SSSR count). The minimum absolute atomic E-state index is 0.158. The van der Waals surface area contributed by atoms with Crippen LogP contribution in [0.3, 0.4) is 0 Å². The van der Waals surface area contributed by atoms with Crippen LogP contribution in [-0.2, 0) is 0 Å². The van der Waals surface area contributed by atoms with Crippen LogP contribution in [-0.4, -0.2) is 32.0 Å². The van der Waals surface area contributed by atoms with E-state index in [-0.39, 0.29) is 12.0 Å². The van der Waals surface area contributed by atoms with E-state index in [1.54, 1.807) is 5.54 Å². The Morgan fingerprint density at radius 2 is 2.27 bits per heavy atom. The van der Waals surface area contributed by atoms with E-state index in [2.05, 4.69) is 37.2 Å². The number of anilines is 1. The van der Waals surface area contributed by atoms with Gasteiger partial charge in [-0.05, 0) is 24.0 Å². The smallest absolute Gasteiger partial charge is 0.150 e. The lowest BCUT2D eigenvalue weighted by molar-refractivity contribution is 0.112. The summed E-state index contributed by atoms with van der Waals surface area (Å²) >= 11 is 5.80. The van der Waals surface area contributed by atoms with Crippen molar-refractivity contribution in [2.24, 2.45) is 11.8 Å². The predicted molar refractivity (Wildman–Crippen MR) is 113 cm³/mol. The van der Waals surface area contributed by atoms with Gasteiger partial charge >= 0.3 is 0 Å².